The second kappa shape index (κ2) is 6.21. The SMILES string of the molecule is O=C1Cc2ccc(CC(=O)N3CCC(O)(c4ccc(F)cc4)C3)cc2N1. The molecule has 2 aliphatic heterocycles. The van der Waals surface area contributed by atoms with Gasteiger partial charge in [-0.15, -0.1) is 0 Å². The van der Waals surface area contributed by atoms with Gasteiger partial charge in [-0.2, -0.15) is 0 Å². The Balaban J connectivity index is 1.44. The normalized spacial score (nSPS) is 21.6. The van der Waals surface area contributed by atoms with Crippen LogP contribution in [0.2, 0.25) is 0 Å². The molecule has 6 heteroatoms. The number of nitrogens with zero attached hydrogens (tertiary/aromatic N) is 1. The number of hydrogen-bond donors (Lipinski definition) is 2. The maximum absolute atomic E-state index is 13.1. The van der Waals surface area contributed by atoms with E-state index < -0.39 is 5.60 Å². The van der Waals surface area contributed by atoms with Gasteiger partial charge in [0, 0.05) is 12.2 Å². The molecule has 2 aliphatic rings. The van der Waals surface area contributed by atoms with E-state index in [1.165, 1.54) is 12.1 Å². The van der Waals surface area contributed by atoms with Gasteiger partial charge in [0.25, 0.3) is 0 Å². The first-order valence-corrected chi connectivity index (χ1v) is 8.61. The number of carbonyl (C=O) groups is 2. The van der Waals surface area contributed by atoms with Gasteiger partial charge in [0.1, 0.15) is 11.4 Å². The van der Waals surface area contributed by atoms with Gasteiger partial charge < -0.3 is 15.3 Å². The van der Waals surface area contributed by atoms with Gasteiger partial charge in [-0.25, -0.2) is 4.39 Å². The van der Waals surface area contributed by atoms with Gasteiger partial charge in [0.15, 0.2) is 0 Å². The molecule has 1 saturated heterocycles. The van der Waals surface area contributed by atoms with Crippen LogP contribution in [0.25, 0.3) is 0 Å². The van der Waals surface area contributed by atoms with Crippen LogP contribution in [0, 0.1) is 5.82 Å². The number of aliphatic hydroxyl groups is 1. The number of hydrogen-bond acceptors (Lipinski definition) is 3. The van der Waals surface area contributed by atoms with Crippen molar-refractivity contribution in [1.29, 1.82) is 0 Å². The van der Waals surface area contributed by atoms with Crippen LogP contribution in [-0.4, -0.2) is 34.9 Å². The van der Waals surface area contributed by atoms with Crippen molar-refractivity contribution in [2.24, 2.45) is 0 Å². The molecule has 0 aromatic heterocycles. The lowest BCUT2D eigenvalue weighted by atomic mass is 9.93. The van der Waals surface area contributed by atoms with E-state index in [2.05, 4.69) is 5.32 Å². The number of amides is 2. The molecule has 2 N–H and O–H groups in total. The number of benzene rings is 2. The van der Waals surface area contributed by atoms with Crippen molar-refractivity contribution < 1.29 is 19.1 Å². The number of rotatable bonds is 3. The van der Waals surface area contributed by atoms with Crippen molar-refractivity contribution in [3.8, 4) is 0 Å². The fraction of sp³-hybridized carbons (Fsp3) is 0.300. The summed E-state index contributed by atoms with van der Waals surface area (Å²) in [6.07, 6.45) is 1.01. The number of nitrogens with one attached hydrogen (secondary N) is 1. The van der Waals surface area contributed by atoms with Crippen LogP contribution < -0.4 is 5.32 Å². The van der Waals surface area contributed by atoms with Crippen molar-refractivity contribution >= 4 is 17.5 Å². The van der Waals surface area contributed by atoms with Crippen molar-refractivity contribution in [1.82, 2.24) is 4.90 Å². The molecule has 1 fully saturated rings. The predicted octanol–water partition coefficient (Wildman–Crippen LogP) is 1.98. The van der Waals surface area contributed by atoms with E-state index in [1.807, 2.05) is 18.2 Å². The highest BCUT2D eigenvalue weighted by molar-refractivity contribution is 5.99. The summed E-state index contributed by atoms with van der Waals surface area (Å²) in [7, 11) is 0. The Hall–Kier alpha value is -2.73. The van der Waals surface area contributed by atoms with Crippen LogP contribution in [-0.2, 0) is 28.0 Å². The minimum absolute atomic E-state index is 0.0348. The lowest BCUT2D eigenvalue weighted by molar-refractivity contribution is -0.130. The smallest absolute Gasteiger partial charge is 0.228 e. The summed E-state index contributed by atoms with van der Waals surface area (Å²) in [5, 5.41) is 13.6. The molecule has 2 aromatic rings. The summed E-state index contributed by atoms with van der Waals surface area (Å²) in [6, 6.07) is 11.3. The standard InChI is InChI=1S/C20H19FN2O3/c21-16-5-3-15(4-6-16)20(26)7-8-23(12-20)19(25)10-13-1-2-14-11-18(24)22-17(14)9-13/h1-6,9,26H,7-8,10-12H2,(H,22,24). The third-order valence-electron chi connectivity index (χ3n) is 5.14. The Morgan fingerprint density at radius 2 is 2.00 bits per heavy atom. The molecule has 1 unspecified atom stereocenters. The average molecular weight is 354 g/mol. The number of β-amino-alcohol motifs (C(OH)–C–C–N with tert-alkyl or cyclic N) is 1. The molecule has 2 heterocycles. The van der Waals surface area contributed by atoms with Gasteiger partial charge in [-0.1, -0.05) is 24.3 Å². The molecule has 0 bridgehead atoms. The quantitative estimate of drug-likeness (QED) is 0.886. The Labute approximate surface area is 150 Å². The predicted molar refractivity (Wildman–Crippen MR) is 94.0 cm³/mol. The lowest BCUT2D eigenvalue weighted by Gasteiger charge is -2.24. The van der Waals surface area contributed by atoms with Crippen LogP contribution in [0.4, 0.5) is 10.1 Å². The van der Waals surface area contributed by atoms with Crippen LogP contribution in [0.3, 0.4) is 0 Å². The van der Waals surface area contributed by atoms with Crippen molar-refractivity contribution in [3.63, 3.8) is 0 Å². The Morgan fingerprint density at radius 3 is 2.77 bits per heavy atom. The molecule has 1 atom stereocenters. The fourth-order valence-electron chi connectivity index (χ4n) is 3.66. The van der Waals surface area contributed by atoms with Gasteiger partial charge >= 0.3 is 0 Å². The number of anilines is 1. The highest BCUT2D eigenvalue weighted by Crippen LogP contribution is 2.32. The van der Waals surface area contributed by atoms with Gasteiger partial charge in [-0.05, 0) is 41.3 Å². The van der Waals surface area contributed by atoms with E-state index in [4.69, 9.17) is 0 Å². The highest BCUT2D eigenvalue weighted by atomic mass is 19.1. The third-order valence-corrected chi connectivity index (χ3v) is 5.14. The molecule has 4 rings (SSSR count). The molecule has 2 amide bonds. The first-order valence-electron chi connectivity index (χ1n) is 8.61. The van der Waals surface area contributed by atoms with E-state index in [-0.39, 0.29) is 30.6 Å². The summed E-state index contributed by atoms with van der Waals surface area (Å²) < 4.78 is 13.1. The summed E-state index contributed by atoms with van der Waals surface area (Å²) in [4.78, 5) is 25.7. The van der Waals surface area contributed by atoms with E-state index >= 15 is 0 Å². The summed E-state index contributed by atoms with van der Waals surface area (Å²) in [5.41, 5.74) is 2.01. The average Bonchev–Trinajstić information content (AvgIpc) is 3.18. The Morgan fingerprint density at radius 1 is 1.23 bits per heavy atom. The van der Waals surface area contributed by atoms with Crippen LogP contribution in [0.15, 0.2) is 42.5 Å². The zero-order valence-electron chi connectivity index (χ0n) is 14.2. The number of fused-ring (bicyclic) bond motifs is 1. The fourth-order valence-corrected chi connectivity index (χ4v) is 3.66. The molecule has 134 valence electrons. The molecule has 26 heavy (non-hydrogen) atoms. The number of likely N-dealkylation sites (tertiary alicyclic amines) is 1. The third kappa shape index (κ3) is 3.08. The minimum atomic E-state index is -1.14. The molecule has 0 spiro atoms. The molecule has 5 nitrogen and oxygen atoms in total. The summed E-state index contributed by atoms with van der Waals surface area (Å²) in [5.74, 6) is -0.466. The monoisotopic (exact) mass is 354 g/mol. The highest BCUT2D eigenvalue weighted by Gasteiger charge is 2.39. The van der Waals surface area contributed by atoms with E-state index in [9.17, 15) is 19.1 Å². The largest absolute Gasteiger partial charge is 0.383 e. The zero-order chi connectivity index (χ0) is 18.3. The van der Waals surface area contributed by atoms with Gasteiger partial charge in [0.2, 0.25) is 11.8 Å². The first kappa shape index (κ1) is 16.7. The summed E-state index contributed by atoms with van der Waals surface area (Å²) in [6.45, 7) is 0.646. The Kier molecular flexibility index (Phi) is 4.00. The minimum Gasteiger partial charge on any atom is -0.383 e. The zero-order valence-corrected chi connectivity index (χ0v) is 14.2. The van der Waals surface area contributed by atoms with E-state index in [0.717, 1.165) is 16.8 Å². The topological polar surface area (TPSA) is 69.6 Å². The van der Waals surface area contributed by atoms with Crippen LogP contribution >= 0.6 is 0 Å². The van der Waals surface area contributed by atoms with Gasteiger partial charge in [0.05, 0.1) is 19.4 Å². The number of carbonyl (C=O) groups excluding carboxylic acids is 2. The molecule has 0 radical (unpaired) electrons. The van der Waals surface area contributed by atoms with Crippen molar-refractivity contribution in [2.45, 2.75) is 24.9 Å². The lowest BCUT2D eigenvalue weighted by Crippen LogP contribution is -2.35. The molecule has 0 saturated carbocycles. The van der Waals surface area contributed by atoms with Crippen LogP contribution in [0.5, 0.6) is 0 Å². The Bertz CT molecular complexity index is 881. The number of halogens is 1. The second-order valence-electron chi connectivity index (χ2n) is 7.00. The maximum Gasteiger partial charge on any atom is 0.228 e. The molecule has 0 aliphatic carbocycles. The molecular formula is C20H19FN2O3. The summed E-state index contributed by atoms with van der Waals surface area (Å²) >= 11 is 0. The van der Waals surface area contributed by atoms with Crippen LogP contribution in [0.1, 0.15) is 23.1 Å². The molecular weight excluding hydrogens is 335 g/mol. The van der Waals surface area contributed by atoms with E-state index in [1.54, 1.807) is 17.0 Å². The second-order valence-corrected chi connectivity index (χ2v) is 7.00. The molecule has 2 aromatic carbocycles. The first-order chi connectivity index (χ1) is 12.4. The van der Waals surface area contributed by atoms with Gasteiger partial charge in [-0.3, -0.25) is 9.59 Å². The van der Waals surface area contributed by atoms with Crippen molar-refractivity contribution in [3.05, 3.63) is 65.0 Å². The van der Waals surface area contributed by atoms with E-state index in [0.29, 0.717) is 24.9 Å². The van der Waals surface area contributed by atoms with Crippen molar-refractivity contribution in [2.75, 3.05) is 18.4 Å². The maximum atomic E-state index is 13.1.